The summed E-state index contributed by atoms with van der Waals surface area (Å²) < 4.78 is 40.6. The van der Waals surface area contributed by atoms with Crippen LogP contribution in [0.2, 0.25) is 0 Å². The van der Waals surface area contributed by atoms with Crippen molar-refractivity contribution in [3.8, 4) is 5.75 Å². The molecule has 2 aliphatic rings. The summed E-state index contributed by atoms with van der Waals surface area (Å²) in [5, 5.41) is 8.89. The highest BCUT2D eigenvalue weighted by molar-refractivity contribution is 7.12. The summed E-state index contributed by atoms with van der Waals surface area (Å²) in [7, 11) is 0. The lowest BCUT2D eigenvalue weighted by Gasteiger charge is -2.39. The molecule has 2 amide bonds. The molecule has 3 heterocycles. The van der Waals surface area contributed by atoms with E-state index in [2.05, 4.69) is 27.5 Å². The molecule has 0 radical (unpaired) electrons. The predicted molar refractivity (Wildman–Crippen MR) is 118 cm³/mol. The van der Waals surface area contributed by atoms with Gasteiger partial charge in [-0.15, -0.1) is 24.5 Å². The number of amidine groups is 1. The molecule has 0 fully saturated rings. The van der Waals surface area contributed by atoms with Gasteiger partial charge in [-0.2, -0.15) is 5.10 Å². The number of amides is 2. The van der Waals surface area contributed by atoms with Gasteiger partial charge in [0, 0.05) is 25.1 Å². The number of nitrogens with one attached hydrogen (secondary N) is 2. The third-order valence-electron chi connectivity index (χ3n) is 5.19. The van der Waals surface area contributed by atoms with Crippen LogP contribution in [0.5, 0.6) is 5.75 Å². The average molecular weight is 482 g/mol. The highest BCUT2D eigenvalue weighted by Gasteiger charge is 2.43. The van der Waals surface area contributed by atoms with E-state index in [0.29, 0.717) is 29.4 Å². The van der Waals surface area contributed by atoms with Crippen molar-refractivity contribution in [1.29, 1.82) is 0 Å². The standard InChI is InChI=1S/C21H22F3N5O3S/c1-2-3-11-28-19(31)18-15(10-12-33-18)29-16(26-27-20(28)29)8-9-17(30)25-13-4-6-14(7-5-13)32-21(22,23)24/h4-7,10,12,20,27H,2-3,8-9,11H2,1H3,(H,25,30). The number of carbonyl (C=O) groups is 2. The van der Waals surface area contributed by atoms with Crippen LogP contribution in [-0.2, 0) is 4.79 Å². The fourth-order valence-electron chi connectivity index (χ4n) is 3.68. The van der Waals surface area contributed by atoms with Crippen molar-refractivity contribution < 1.29 is 27.5 Å². The molecular formula is C21H22F3N5O3S. The molecule has 0 saturated carbocycles. The van der Waals surface area contributed by atoms with Crippen molar-refractivity contribution in [1.82, 2.24) is 10.3 Å². The minimum absolute atomic E-state index is 0.0330. The SMILES string of the molecule is CCCCN1C(=O)c2sccc2N2C(CCC(=O)Nc3ccc(OC(F)(F)F)cc3)=NNC12. The number of anilines is 2. The number of benzene rings is 1. The Kier molecular flexibility index (Phi) is 6.45. The molecule has 2 aromatic rings. The molecule has 33 heavy (non-hydrogen) atoms. The van der Waals surface area contributed by atoms with E-state index in [9.17, 15) is 22.8 Å². The third-order valence-corrected chi connectivity index (χ3v) is 6.08. The van der Waals surface area contributed by atoms with Gasteiger partial charge in [-0.05, 0) is 42.1 Å². The Morgan fingerprint density at radius 3 is 2.73 bits per heavy atom. The lowest BCUT2D eigenvalue weighted by molar-refractivity contribution is -0.274. The topological polar surface area (TPSA) is 86.3 Å². The normalized spacial score (nSPS) is 17.3. The Labute approximate surface area is 192 Å². The number of ether oxygens (including phenoxy) is 1. The number of carbonyl (C=O) groups excluding carboxylic acids is 2. The van der Waals surface area contributed by atoms with Crippen LogP contribution in [0, 0.1) is 0 Å². The van der Waals surface area contributed by atoms with Crippen molar-refractivity contribution in [2.24, 2.45) is 5.10 Å². The van der Waals surface area contributed by atoms with Crippen LogP contribution in [0.25, 0.3) is 0 Å². The largest absolute Gasteiger partial charge is 0.573 e. The van der Waals surface area contributed by atoms with Gasteiger partial charge < -0.3 is 10.1 Å². The summed E-state index contributed by atoms with van der Waals surface area (Å²) in [6, 6.07) is 6.81. The maximum atomic E-state index is 12.9. The van der Waals surface area contributed by atoms with Crippen LogP contribution in [0.15, 0.2) is 40.8 Å². The van der Waals surface area contributed by atoms with Crippen molar-refractivity contribution in [3.05, 3.63) is 40.6 Å². The summed E-state index contributed by atoms with van der Waals surface area (Å²) in [6.45, 7) is 2.65. The van der Waals surface area contributed by atoms with Gasteiger partial charge in [-0.3, -0.25) is 24.8 Å². The van der Waals surface area contributed by atoms with E-state index in [0.717, 1.165) is 30.7 Å². The minimum Gasteiger partial charge on any atom is -0.406 e. The summed E-state index contributed by atoms with van der Waals surface area (Å²) in [5.74, 6) is -0.0732. The van der Waals surface area contributed by atoms with Crippen LogP contribution < -0.4 is 20.4 Å². The fourth-order valence-corrected chi connectivity index (χ4v) is 4.51. The Bertz CT molecular complexity index is 1050. The van der Waals surface area contributed by atoms with Crippen molar-refractivity contribution in [3.63, 3.8) is 0 Å². The van der Waals surface area contributed by atoms with Crippen molar-refractivity contribution in [2.75, 3.05) is 16.8 Å². The molecule has 8 nitrogen and oxygen atoms in total. The molecule has 4 rings (SSSR count). The van der Waals surface area contributed by atoms with Crippen LogP contribution in [-0.4, -0.2) is 41.7 Å². The minimum atomic E-state index is -4.77. The number of halogens is 3. The molecular weight excluding hydrogens is 459 g/mol. The highest BCUT2D eigenvalue weighted by atomic mass is 32.1. The summed E-state index contributed by atoms with van der Waals surface area (Å²) >= 11 is 1.38. The summed E-state index contributed by atoms with van der Waals surface area (Å²) in [6.07, 6.45) is -2.96. The predicted octanol–water partition coefficient (Wildman–Crippen LogP) is 4.33. The molecule has 1 atom stereocenters. The number of fused-ring (bicyclic) bond motifs is 3. The number of unbranched alkanes of at least 4 members (excludes halogenated alkanes) is 1. The molecule has 0 bridgehead atoms. The van der Waals surface area contributed by atoms with Gasteiger partial charge in [0.05, 0.1) is 5.69 Å². The van der Waals surface area contributed by atoms with Crippen LogP contribution >= 0.6 is 11.3 Å². The zero-order chi connectivity index (χ0) is 23.6. The first-order valence-corrected chi connectivity index (χ1v) is 11.3. The van der Waals surface area contributed by atoms with Gasteiger partial charge in [0.1, 0.15) is 16.5 Å². The van der Waals surface area contributed by atoms with E-state index in [-0.39, 0.29) is 24.0 Å². The maximum Gasteiger partial charge on any atom is 0.573 e. The number of rotatable bonds is 8. The Hall–Kier alpha value is -3.28. The molecule has 2 aliphatic heterocycles. The lowest BCUT2D eigenvalue weighted by Crippen LogP contribution is -2.58. The fraction of sp³-hybridized carbons (Fsp3) is 0.381. The molecule has 12 heteroatoms. The van der Waals surface area contributed by atoms with E-state index in [1.165, 1.54) is 23.5 Å². The monoisotopic (exact) mass is 481 g/mol. The van der Waals surface area contributed by atoms with Gasteiger partial charge in [0.25, 0.3) is 5.91 Å². The number of hydrazone groups is 1. The molecule has 176 valence electrons. The summed E-state index contributed by atoms with van der Waals surface area (Å²) in [5.41, 5.74) is 4.14. The number of thiophene rings is 1. The van der Waals surface area contributed by atoms with E-state index in [1.54, 1.807) is 4.90 Å². The Balaban J connectivity index is 1.38. The molecule has 0 saturated heterocycles. The van der Waals surface area contributed by atoms with Gasteiger partial charge in [-0.1, -0.05) is 13.3 Å². The second-order valence-electron chi connectivity index (χ2n) is 7.51. The zero-order valence-corrected chi connectivity index (χ0v) is 18.5. The van der Waals surface area contributed by atoms with Gasteiger partial charge >= 0.3 is 6.36 Å². The van der Waals surface area contributed by atoms with Crippen LogP contribution in [0.4, 0.5) is 24.5 Å². The van der Waals surface area contributed by atoms with Crippen LogP contribution in [0.3, 0.4) is 0 Å². The van der Waals surface area contributed by atoms with E-state index < -0.39 is 12.7 Å². The first-order valence-electron chi connectivity index (χ1n) is 10.4. The Morgan fingerprint density at radius 1 is 1.27 bits per heavy atom. The molecule has 2 N–H and O–H groups in total. The number of alkyl halides is 3. The number of hydrogen-bond acceptors (Lipinski definition) is 7. The maximum absolute atomic E-state index is 12.9. The van der Waals surface area contributed by atoms with Gasteiger partial charge in [0.15, 0.2) is 0 Å². The number of nitrogens with zero attached hydrogens (tertiary/aromatic N) is 3. The average Bonchev–Trinajstić information content (AvgIpc) is 3.40. The van der Waals surface area contributed by atoms with E-state index in [1.807, 2.05) is 16.3 Å². The van der Waals surface area contributed by atoms with Crippen molar-refractivity contribution >= 4 is 40.4 Å². The van der Waals surface area contributed by atoms with Gasteiger partial charge in [0.2, 0.25) is 12.2 Å². The van der Waals surface area contributed by atoms with E-state index >= 15 is 0 Å². The highest BCUT2D eigenvalue weighted by Crippen LogP contribution is 2.37. The molecule has 1 unspecified atom stereocenters. The lowest BCUT2D eigenvalue weighted by atomic mass is 10.2. The third kappa shape index (κ3) is 5.05. The summed E-state index contributed by atoms with van der Waals surface area (Å²) in [4.78, 5) is 29.6. The second kappa shape index (κ2) is 9.30. The van der Waals surface area contributed by atoms with Crippen molar-refractivity contribution in [2.45, 2.75) is 45.3 Å². The molecule has 1 aromatic heterocycles. The first kappa shape index (κ1) is 22.9. The Morgan fingerprint density at radius 2 is 2.03 bits per heavy atom. The van der Waals surface area contributed by atoms with Gasteiger partial charge in [-0.25, -0.2) is 0 Å². The van der Waals surface area contributed by atoms with Crippen LogP contribution in [0.1, 0.15) is 42.3 Å². The molecule has 0 spiro atoms. The quantitative estimate of drug-likeness (QED) is 0.586. The smallest absolute Gasteiger partial charge is 0.406 e. The first-order chi connectivity index (χ1) is 15.8. The van der Waals surface area contributed by atoms with E-state index in [4.69, 9.17) is 0 Å². The number of hydrogen-bond donors (Lipinski definition) is 2. The molecule has 1 aromatic carbocycles. The second-order valence-corrected chi connectivity index (χ2v) is 8.42. The zero-order valence-electron chi connectivity index (χ0n) is 17.7. The molecule has 0 aliphatic carbocycles.